The van der Waals surface area contributed by atoms with Gasteiger partial charge in [0.1, 0.15) is 6.54 Å². The summed E-state index contributed by atoms with van der Waals surface area (Å²) >= 11 is 0. The SMILES string of the molecule is CCOC(=O)N(CC(=O)NCCc1ccc(OC)c(OC)c1)c1cccc(C(N)=O)c1. The van der Waals surface area contributed by atoms with Gasteiger partial charge < -0.3 is 25.3 Å². The lowest BCUT2D eigenvalue weighted by molar-refractivity contribution is -0.119. The Balaban J connectivity index is 2.03. The minimum Gasteiger partial charge on any atom is -0.493 e. The van der Waals surface area contributed by atoms with Crippen molar-refractivity contribution in [3.8, 4) is 11.5 Å². The molecule has 166 valence electrons. The van der Waals surface area contributed by atoms with E-state index in [0.29, 0.717) is 30.2 Å². The van der Waals surface area contributed by atoms with E-state index in [1.54, 1.807) is 39.3 Å². The molecule has 2 rings (SSSR count). The van der Waals surface area contributed by atoms with Crippen LogP contribution >= 0.6 is 0 Å². The molecule has 0 saturated heterocycles. The highest BCUT2D eigenvalue weighted by molar-refractivity contribution is 5.98. The second kappa shape index (κ2) is 11.4. The quantitative estimate of drug-likeness (QED) is 0.597. The lowest BCUT2D eigenvalue weighted by Gasteiger charge is -2.22. The topological polar surface area (TPSA) is 120 Å². The van der Waals surface area contributed by atoms with Crippen molar-refractivity contribution in [3.05, 3.63) is 53.6 Å². The first-order chi connectivity index (χ1) is 14.9. The molecule has 2 aromatic carbocycles. The van der Waals surface area contributed by atoms with Crippen molar-refractivity contribution in [2.75, 3.05) is 38.8 Å². The molecule has 0 aliphatic rings. The average Bonchev–Trinajstić information content (AvgIpc) is 2.77. The lowest BCUT2D eigenvalue weighted by atomic mass is 10.1. The Morgan fingerprint density at radius 3 is 2.42 bits per heavy atom. The summed E-state index contributed by atoms with van der Waals surface area (Å²) in [7, 11) is 3.12. The molecule has 0 unspecified atom stereocenters. The van der Waals surface area contributed by atoms with Crippen LogP contribution < -0.4 is 25.4 Å². The highest BCUT2D eigenvalue weighted by Crippen LogP contribution is 2.27. The van der Waals surface area contributed by atoms with Crippen molar-refractivity contribution >= 4 is 23.6 Å². The number of carbonyl (C=O) groups is 3. The number of nitrogens with one attached hydrogen (secondary N) is 1. The molecule has 3 amide bonds. The maximum Gasteiger partial charge on any atom is 0.414 e. The number of hydrogen-bond donors (Lipinski definition) is 2. The van der Waals surface area contributed by atoms with Gasteiger partial charge in [0.05, 0.1) is 20.8 Å². The van der Waals surface area contributed by atoms with Crippen molar-refractivity contribution in [2.45, 2.75) is 13.3 Å². The van der Waals surface area contributed by atoms with Gasteiger partial charge in [-0.05, 0) is 49.2 Å². The van der Waals surface area contributed by atoms with Crippen LogP contribution in [0, 0.1) is 0 Å². The number of methoxy groups -OCH3 is 2. The van der Waals surface area contributed by atoms with E-state index in [4.69, 9.17) is 19.9 Å². The van der Waals surface area contributed by atoms with Gasteiger partial charge in [-0.2, -0.15) is 0 Å². The Bertz CT molecular complexity index is 931. The summed E-state index contributed by atoms with van der Waals surface area (Å²) in [6, 6.07) is 11.7. The number of nitrogens with two attached hydrogens (primary N) is 1. The Morgan fingerprint density at radius 1 is 1.03 bits per heavy atom. The van der Waals surface area contributed by atoms with Crippen LogP contribution in [0.25, 0.3) is 0 Å². The zero-order chi connectivity index (χ0) is 22.8. The van der Waals surface area contributed by atoms with Crippen LogP contribution in [0.15, 0.2) is 42.5 Å². The number of rotatable bonds is 10. The van der Waals surface area contributed by atoms with E-state index >= 15 is 0 Å². The molecule has 0 heterocycles. The Labute approximate surface area is 181 Å². The Kier molecular flexibility index (Phi) is 8.68. The average molecular weight is 429 g/mol. The van der Waals surface area contributed by atoms with Crippen molar-refractivity contribution in [3.63, 3.8) is 0 Å². The minimum absolute atomic E-state index is 0.145. The van der Waals surface area contributed by atoms with E-state index in [0.717, 1.165) is 10.5 Å². The minimum atomic E-state index is -0.695. The summed E-state index contributed by atoms with van der Waals surface area (Å²) in [6.45, 7) is 1.89. The molecule has 9 nitrogen and oxygen atoms in total. The van der Waals surface area contributed by atoms with E-state index in [1.807, 2.05) is 12.1 Å². The molecule has 0 spiro atoms. The predicted octanol–water partition coefficient (Wildman–Crippen LogP) is 2.12. The molecule has 0 fully saturated rings. The van der Waals surface area contributed by atoms with Gasteiger partial charge in [0, 0.05) is 17.8 Å². The number of amides is 3. The second-order valence-corrected chi connectivity index (χ2v) is 6.49. The van der Waals surface area contributed by atoms with Crippen LogP contribution in [0.5, 0.6) is 11.5 Å². The zero-order valence-corrected chi connectivity index (χ0v) is 17.8. The molecular weight excluding hydrogens is 402 g/mol. The fraction of sp³-hybridized carbons (Fsp3) is 0.318. The van der Waals surface area contributed by atoms with Crippen molar-refractivity contribution < 1.29 is 28.6 Å². The van der Waals surface area contributed by atoms with Gasteiger partial charge in [-0.25, -0.2) is 4.79 Å². The number of ether oxygens (including phenoxy) is 3. The summed E-state index contributed by atoms with van der Waals surface area (Å²) in [5, 5.41) is 2.78. The van der Waals surface area contributed by atoms with Gasteiger partial charge >= 0.3 is 6.09 Å². The fourth-order valence-corrected chi connectivity index (χ4v) is 2.87. The monoisotopic (exact) mass is 429 g/mol. The number of hydrogen-bond acceptors (Lipinski definition) is 6. The summed E-state index contributed by atoms with van der Waals surface area (Å²) in [5.41, 5.74) is 6.82. The highest BCUT2D eigenvalue weighted by atomic mass is 16.6. The summed E-state index contributed by atoms with van der Waals surface area (Å²) in [5.74, 6) is 0.218. The smallest absolute Gasteiger partial charge is 0.414 e. The van der Waals surface area contributed by atoms with E-state index < -0.39 is 12.0 Å². The van der Waals surface area contributed by atoms with E-state index in [2.05, 4.69) is 5.32 Å². The second-order valence-electron chi connectivity index (χ2n) is 6.49. The zero-order valence-electron chi connectivity index (χ0n) is 17.8. The molecule has 2 aromatic rings. The van der Waals surface area contributed by atoms with E-state index in [-0.39, 0.29) is 24.6 Å². The Morgan fingerprint density at radius 2 is 1.77 bits per heavy atom. The lowest BCUT2D eigenvalue weighted by Crippen LogP contribution is -2.41. The van der Waals surface area contributed by atoms with Gasteiger partial charge in [0.15, 0.2) is 11.5 Å². The van der Waals surface area contributed by atoms with Crippen molar-refractivity contribution in [1.82, 2.24) is 5.32 Å². The number of benzene rings is 2. The number of carbonyl (C=O) groups excluding carboxylic acids is 3. The van der Waals surface area contributed by atoms with Gasteiger partial charge in [0.2, 0.25) is 11.8 Å². The molecule has 3 N–H and O–H groups in total. The summed E-state index contributed by atoms with van der Waals surface area (Å²) < 4.78 is 15.5. The van der Waals surface area contributed by atoms with Crippen LogP contribution in [0.2, 0.25) is 0 Å². The molecule has 0 radical (unpaired) electrons. The normalized spacial score (nSPS) is 10.2. The fourth-order valence-electron chi connectivity index (χ4n) is 2.87. The number of nitrogens with zero attached hydrogens (tertiary/aromatic N) is 1. The molecule has 9 heteroatoms. The first-order valence-electron chi connectivity index (χ1n) is 9.71. The molecule has 31 heavy (non-hydrogen) atoms. The van der Waals surface area contributed by atoms with Gasteiger partial charge in [-0.3, -0.25) is 14.5 Å². The first-order valence-corrected chi connectivity index (χ1v) is 9.71. The van der Waals surface area contributed by atoms with Gasteiger partial charge in [0.25, 0.3) is 0 Å². The van der Waals surface area contributed by atoms with Gasteiger partial charge in [-0.15, -0.1) is 0 Å². The third kappa shape index (κ3) is 6.63. The molecule has 0 aliphatic carbocycles. The predicted molar refractivity (Wildman–Crippen MR) is 116 cm³/mol. The molecule has 0 bridgehead atoms. The summed E-state index contributed by atoms with van der Waals surface area (Å²) in [4.78, 5) is 37.4. The number of anilines is 1. The highest BCUT2D eigenvalue weighted by Gasteiger charge is 2.21. The molecule has 0 atom stereocenters. The number of primary amides is 1. The maximum absolute atomic E-state index is 12.5. The first kappa shape index (κ1) is 23.5. The van der Waals surface area contributed by atoms with Crippen LogP contribution in [0.3, 0.4) is 0 Å². The van der Waals surface area contributed by atoms with Crippen LogP contribution in [0.1, 0.15) is 22.8 Å². The third-order valence-corrected chi connectivity index (χ3v) is 4.42. The molecule has 0 aliphatic heterocycles. The third-order valence-electron chi connectivity index (χ3n) is 4.42. The standard InChI is InChI=1S/C22H27N3O6/c1-4-31-22(28)25(17-7-5-6-16(13-17)21(23)27)14-20(26)24-11-10-15-8-9-18(29-2)19(12-15)30-3/h5-9,12-13H,4,10-11,14H2,1-3H3,(H2,23,27)(H,24,26). The Hall–Kier alpha value is -3.75. The van der Waals surface area contributed by atoms with Crippen LogP contribution in [-0.2, 0) is 16.0 Å². The molecule has 0 saturated carbocycles. The summed E-state index contributed by atoms with van der Waals surface area (Å²) in [6.07, 6.45) is -0.137. The van der Waals surface area contributed by atoms with Crippen molar-refractivity contribution in [1.29, 1.82) is 0 Å². The van der Waals surface area contributed by atoms with Crippen LogP contribution in [-0.4, -0.2) is 51.8 Å². The van der Waals surface area contributed by atoms with E-state index in [1.165, 1.54) is 12.1 Å². The molecular formula is C22H27N3O6. The largest absolute Gasteiger partial charge is 0.493 e. The van der Waals surface area contributed by atoms with Crippen molar-refractivity contribution in [2.24, 2.45) is 5.73 Å². The van der Waals surface area contributed by atoms with Crippen LogP contribution in [0.4, 0.5) is 10.5 Å². The van der Waals surface area contributed by atoms with Gasteiger partial charge in [-0.1, -0.05) is 12.1 Å². The maximum atomic E-state index is 12.5. The molecule has 0 aromatic heterocycles. The van der Waals surface area contributed by atoms with E-state index in [9.17, 15) is 14.4 Å².